The van der Waals surface area contributed by atoms with Gasteiger partial charge in [0.05, 0.1) is 0 Å². The number of amides is 1. The number of hydrogen-bond donors (Lipinski definition) is 1. The number of nitrogens with one attached hydrogen (secondary N) is 1. The van der Waals surface area contributed by atoms with Crippen LogP contribution in [0.2, 0.25) is 5.02 Å². The molecule has 5 nitrogen and oxygen atoms in total. The van der Waals surface area contributed by atoms with Crippen LogP contribution in [0.1, 0.15) is 31.7 Å². The number of hydrogen-bond acceptors (Lipinski definition) is 3. The average Bonchev–Trinajstić information content (AvgIpc) is 2.97. The van der Waals surface area contributed by atoms with Crippen molar-refractivity contribution in [2.75, 3.05) is 5.32 Å². The molecule has 8 heteroatoms. The van der Waals surface area contributed by atoms with E-state index in [0.717, 1.165) is 6.92 Å². The largest absolute Gasteiger partial charge is 0.444 e. The highest BCUT2D eigenvalue weighted by Crippen LogP contribution is 2.20. The molecule has 0 aliphatic carbocycles. The summed E-state index contributed by atoms with van der Waals surface area (Å²) in [4.78, 5) is 11.8. The number of anilines is 1. The molecule has 1 heterocycles. The fraction of sp³-hybridized carbons (Fsp3) is 0.412. The number of rotatable bonds is 8. The highest BCUT2D eigenvalue weighted by atomic mass is 35.5. The van der Waals surface area contributed by atoms with E-state index >= 15 is 0 Å². The van der Waals surface area contributed by atoms with Gasteiger partial charge in [-0.15, -0.1) is 0 Å². The standard InChI is InChI=1S/C17H20ClF2N3O2/c1-17(19,20)9-4-5-10-23-11-8-15(22-23)21-16(24)25-12-13-6-2-3-7-14(13)18/h2-3,6-8,11H,4-5,9-10,12H2,1H3,(H,21,22,24). The minimum atomic E-state index is -2.64. The highest BCUT2D eigenvalue weighted by Gasteiger charge is 2.19. The molecular weight excluding hydrogens is 352 g/mol. The zero-order valence-electron chi connectivity index (χ0n) is 13.8. The van der Waals surface area contributed by atoms with Crippen LogP contribution in [-0.4, -0.2) is 21.8 Å². The summed E-state index contributed by atoms with van der Waals surface area (Å²) in [5.41, 5.74) is 0.706. The summed E-state index contributed by atoms with van der Waals surface area (Å²) in [7, 11) is 0. The van der Waals surface area contributed by atoms with Crippen LogP contribution in [-0.2, 0) is 17.9 Å². The van der Waals surface area contributed by atoms with Gasteiger partial charge in [-0.05, 0) is 25.8 Å². The molecule has 0 radical (unpaired) electrons. The Hall–Kier alpha value is -2.15. The van der Waals surface area contributed by atoms with Crippen LogP contribution in [0.3, 0.4) is 0 Å². The number of ether oxygens (including phenoxy) is 1. The molecule has 1 aromatic heterocycles. The molecule has 2 aromatic rings. The van der Waals surface area contributed by atoms with Crippen molar-refractivity contribution in [3.8, 4) is 0 Å². The van der Waals surface area contributed by atoms with Crippen molar-refractivity contribution in [1.82, 2.24) is 9.78 Å². The van der Waals surface area contributed by atoms with Crippen LogP contribution in [0.4, 0.5) is 19.4 Å². The van der Waals surface area contributed by atoms with Gasteiger partial charge in [0.15, 0.2) is 5.82 Å². The normalized spacial score (nSPS) is 11.4. The topological polar surface area (TPSA) is 56.2 Å². The number of carbonyl (C=O) groups excluding carboxylic acids is 1. The number of alkyl halides is 2. The number of unbranched alkanes of at least 4 members (excludes halogenated alkanes) is 1. The minimum Gasteiger partial charge on any atom is -0.444 e. The van der Waals surface area contributed by atoms with Crippen molar-refractivity contribution < 1.29 is 18.3 Å². The molecule has 1 aromatic carbocycles. The first-order valence-corrected chi connectivity index (χ1v) is 8.30. The summed E-state index contributed by atoms with van der Waals surface area (Å²) >= 11 is 5.99. The zero-order chi connectivity index (χ0) is 18.3. The van der Waals surface area contributed by atoms with Crippen molar-refractivity contribution in [2.45, 2.75) is 45.3 Å². The Kier molecular flexibility index (Phi) is 6.75. The summed E-state index contributed by atoms with van der Waals surface area (Å²) in [6, 6.07) is 8.70. The van der Waals surface area contributed by atoms with E-state index in [4.69, 9.17) is 16.3 Å². The van der Waals surface area contributed by atoms with E-state index < -0.39 is 12.0 Å². The van der Waals surface area contributed by atoms with E-state index in [-0.39, 0.29) is 13.0 Å². The predicted molar refractivity (Wildman–Crippen MR) is 92.0 cm³/mol. The lowest BCUT2D eigenvalue weighted by atomic mass is 10.1. The quantitative estimate of drug-likeness (QED) is 0.656. The van der Waals surface area contributed by atoms with Gasteiger partial charge in [-0.3, -0.25) is 10.00 Å². The SMILES string of the molecule is CC(F)(F)CCCCn1ccc(NC(=O)OCc2ccccc2Cl)n1. The summed E-state index contributed by atoms with van der Waals surface area (Å²) in [5, 5.41) is 7.18. The molecule has 0 aliphatic heterocycles. The van der Waals surface area contributed by atoms with Gasteiger partial charge in [-0.2, -0.15) is 5.10 Å². The number of halogens is 3. The summed E-state index contributed by atoms with van der Waals surface area (Å²) in [6.45, 7) is 1.47. The maximum Gasteiger partial charge on any atom is 0.413 e. The van der Waals surface area contributed by atoms with Crippen molar-refractivity contribution >= 4 is 23.5 Å². The number of aromatic nitrogens is 2. The first-order chi connectivity index (χ1) is 11.8. The summed E-state index contributed by atoms with van der Waals surface area (Å²) in [5.74, 6) is -2.30. The van der Waals surface area contributed by atoms with E-state index in [1.807, 2.05) is 0 Å². The fourth-order valence-electron chi connectivity index (χ4n) is 2.16. The molecule has 0 saturated carbocycles. The lowest BCUT2D eigenvalue weighted by molar-refractivity contribution is 0.0102. The molecule has 0 atom stereocenters. The second-order valence-corrected chi connectivity index (χ2v) is 6.19. The molecule has 25 heavy (non-hydrogen) atoms. The van der Waals surface area contributed by atoms with Gasteiger partial charge < -0.3 is 4.74 Å². The van der Waals surface area contributed by atoms with Crippen LogP contribution in [0.15, 0.2) is 36.5 Å². The Morgan fingerprint density at radius 3 is 2.80 bits per heavy atom. The van der Waals surface area contributed by atoms with Gasteiger partial charge in [0, 0.05) is 35.8 Å². The van der Waals surface area contributed by atoms with Gasteiger partial charge in [-0.25, -0.2) is 13.6 Å². The average molecular weight is 372 g/mol. The summed E-state index contributed by atoms with van der Waals surface area (Å²) in [6.07, 6.45) is 1.88. The monoisotopic (exact) mass is 371 g/mol. The van der Waals surface area contributed by atoms with E-state index in [2.05, 4.69) is 10.4 Å². The summed E-state index contributed by atoms with van der Waals surface area (Å²) < 4.78 is 32.1. The zero-order valence-corrected chi connectivity index (χ0v) is 14.6. The first-order valence-electron chi connectivity index (χ1n) is 7.92. The Bertz CT molecular complexity index is 701. The third-order valence-corrected chi connectivity index (χ3v) is 3.81. The van der Waals surface area contributed by atoms with E-state index in [0.29, 0.717) is 35.8 Å². The maximum atomic E-state index is 12.7. The maximum absolute atomic E-state index is 12.7. The third kappa shape index (κ3) is 7.09. The molecule has 0 fully saturated rings. The van der Waals surface area contributed by atoms with Gasteiger partial charge in [0.2, 0.25) is 5.92 Å². The van der Waals surface area contributed by atoms with Crippen molar-refractivity contribution in [3.05, 3.63) is 47.1 Å². The van der Waals surface area contributed by atoms with Gasteiger partial charge in [0.25, 0.3) is 0 Å². The first kappa shape index (κ1) is 19.2. The number of carbonyl (C=O) groups is 1. The molecule has 1 N–H and O–H groups in total. The van der Waals surface area contributed by atoms with Crippen molar-refractivity contribution in [2.24, 2.45) is 0 Å². The Morgan fingerprint density at radius 1 is 1.32 bits per heavy atom. The number of nitrogens with zero attached hydrogens (tertiary/aromatic N) is 2. The van der Waals surface area contributed by atoms with E-state index in [1.165, 1.54) is 0 Å². The molecule has 0 bridgehead atoms. The minimum absolute atomic E-state index is 0.0530. The van der Waals surface area contributed by atoms with E-state index in [9.17, 15) is 13.6 Å². The van der Waals surface area contributed by atoms with Gasteiger partial charge in [0.1, 0.15) is 6.61 Å². The Labute approximate surface area is 149 Å². The number of aryl methyl sites for hydroxylation is 1. The fourth-order valence-corrected chi connectivity index (χ4v) is 2.35. The van der Waals surface area contributed by atoms with Crippen LogP contribution in [0.25, 0.3) is 0 Å². The van der Waals surface area contributed by atoms with Crippen LogP contribution < -0.4 is 5.32 Å². The molecule has 0 saturated heterocycles. The molecule has 1 amide bonds. The molecule has 0 spiro atoms. The smallest absolute Gasteiger partial charge is 0.413 e. The number of benzene rings is 1. The van der Waals surface area contributed by atoms with Crippen LogP contribution in [0.5, 0.6) is 0 Å². The molecule has 136 valence electrons. The predicted octanol–water partition coefficient (Wildman–Crippen LogP) is 5.11. The second-order valence-electron chi connectivity index (χ2n) is 5.78. The Balaban J connectivity index is 1.73. The van der Waals surface area contributed by atoms with Crippen LogP contribution in [0, 0.1) is 0 Å². The van der Waals surface area contributed by atoms with Crippen LogP contribution >= 0.6 is 11.6 Å². The lowest BCUT2D eigenvalue weighted by Gasteiger charge is -2.09. The molecular formula is C17H20ClF2N3O2. The van der Waals surface area contributed by atoms with Gasteiger partial charge in [-0.1, -0.05) is 29.8 Å². The highest BCUT2D eigenvalue weighted by molar-refractivity contribution is 6.31. The second kappa shape index (κ2) is 8.80. The Morgan fingerprint density at radius 2 is 2.08 bits per heavy atom. The van der Waals surface area contributed by atoms with Crippen molar-refractivity contribution in [3.63, 3.8) is 0 Å². The molecule has 2 rings (SSSR count). The molecule has 0 unspecified atom stereocenters. The third-order valence-electron chi connectivity index (χ3n) is 3.44. The lowest BCUT2D eigenvalue weighted by Crippen LogP contribution is -2.14. The van der Waals surface area contributed by atoms with E-state index in [1.54, 1.807) is 41.2 Å². The van der Waals surface area contributed by atoms with Gasteiger partial charge >= 0.3 is 6.09 Å². The molecule has 0 aliphatic rings. The van der Waals surface area contributed by atoms with Crippen molar-refractivity contribution in [1.29, 1.82) is 0 Å².